The molecule has 1 nitrogen and oxygen atoms in total. The lowest BCUT2D eigenvalue weighted by molar-refractivity contribution is -0.127. The molecule has 2 N–H and O–H groups in total. The van der Waals surface area contributed by atoms with Gasteiger partial charge in [0.25, 0.3) is 0 Å². The molecule has 0 spiro atoms. The molecule has 2 aromatic carbocycles. The fourth-order valence-corrected chi connectivity index (χ4v) is 2.29. The van der Waals surface area contributed by atoms with Crippen LogP contribution in [-0.4, -0.2) is 6.18 Å². The number of nitrogen functional groups attached to an aromatic ring is 1. The van der Waals surface area contributed by atoms with E-state index in [2.05, 4.69) is 0 Å². The van der Waals surface area contributed by atoms with E-state index in [4.69, 9.17) is 5.73 Å². The van der Waals surface area contributed by atoms with Crippen molar-refractivity contribution < 1.29 is 17.6 Å². The van der Waals surface area contributed by atoms with Crippen LogP contribution in [-0.2, 0) is 12.8 Å². The first kappa shape index (κ1) is 13.6. The molecular formula is C14H13F4N. The van der Waals surface area contributed by atoms with Crippen molar-refractivity contribution in [3.8, 4) is 0 Å². The fraction of sp³-hybridized carbons (Fsp3) is 0.286. The molecule has 0 aliphatic rings. The van der Waals surface area contributed by atoms with Crippen molar-refractivity contribution in [2.75, 3.05) is 5.73 Å². The van der Waals surface area contributed by atoms with Gasteiger partial charge in [0.15, 0.2) is 0 Å². The highest BCUT2D eigenvalue weighted by Gasteiger charge is 2.30. The Balaban J connectivity index is 2.77. The molecule has 0 fully saturated rings. The summed E-state index contributed by atoms with van der Waals surface area (Å²) in [5.41, 5.74) is 6.50. The van der Waals surface area contributed by atoms with Crippen LogP contribution in [0, 0.1) is 5.82 Å². The van der Waals surface area contributed by atoms with E-state index < -0.39 is 18.4 Å². The predicted molar refractivity (Wildman–Crippen MR) is 67.5 cm³/mol. The van der Waals surface area contributed by atoms with Crippen molar-refractivity contribution in [1.29, 1.82) is 0 Å². The second-order valence-electron chi connectivity index (χ2n) is 4.45. The van der Waals surface area contributed by atoms with Crippen molar-refractivity contribution >= 4 is 16.5 Å². The molecule has 0 aromatic heterocycles. The molecule has 2 aromatic rings. The molecule has 0 aliphatic carbocycles. The zero-order chi connectivity index (χ0) is 14.2. The lowest BCUT2D eigenvalue weighted by Gasteiger charge is -2.14. The maximum absolute atomic E-state index is 13.7. The lowest BCUT2D eigenvalue weighted by atomic mass is 9.95. The van der Waals surface area contributed by atoms with Gasteiger partial charge in [-0.25, -0.2) is 4.39 Å². The van der Waals surface area contributed by atoms with Gasteiger partial charge in [0.1, 0.15) is 5.82 Å². The van der Waals surface area contributed by atoms with Gasteiger partial charge in [-0.15, -0.1) is 0 Å². The highest BCUT2D eigenvalue weighted by Crippen LogP contribution is 2.32. The number of halogens is 4. The second kappa shape index (κ2) is 4.72. The smallest absolute Gasteiger partial charge is 0.393 e. The summed E-state index contributed by atoms with van der Waals surface area (Å²) < 4.78 is 51.5. The van der Waals surface area contributed by atoms with Gasteiger partial charge in [-0.3, -0.25) is 0 Å². The Hall–Kier alpha value is -1.78. The first-order valence-electron chi connectivity index (χ1n) is 5.88. The zero-order valence-electron chi connectivity index (χ0n) is 10.3. The summed E-state index contributed by atoms with van der Waals surface area (Å²) >= 11 is 0. The standard InChI is InChI=1S/C14H13F4N/c1-2-8-5-10(19)6-9-3-4-12(15)11(13(8)9)7-14(16,17)18/h3-6H,2,7,19H2,1H3. The van der Waals surface area contributed by atoms with Crippen LogP contribution in [0.4, 0.5) is 23.2 Å². The molecule has 0 saturated heterocycles. The molecule has 0 atom stereocenters. The Kier molecular flexibility index (Phi) is 3.39. The SMILES string of the molecule is CCc1cc(N)cc2ccc(F)c(CC(F)(F)F)c12. The monoisotopic (exact) mass is 271 g/mol. The first-order chi connectivity index (χ1) is 8.81. The highest BCUT2D eigenvalue weighted by molar-refractivity contribution is 5.91. The number of fused-ring (bicyclic) bond motifs is 1. The number of benzene rings is 2. The molecule has 0 saturated carbocycles. The van der Waals surface area contributed by atoms with Gasteiger partial charge in [-0.1, -0.05) is 13.0 Å². The minimum atomic E-state index is -4.44. The number of anilines is 1. The molecule has 2 rings (SSSR count). The second-order valence-corrected chi connectivity index (χ2v) is 4.45. The average Bonchev–Trinajstić information content (AvgIpc) is 2.30. The fourth-order valence-electron chi connectivity index (χ4n) is 2.29. The van der Waals surface area contributed by atoms with Crippen molar-refractivity contribution in [3.63, 3.8) is 0 Å². The number of hydrogen-bond donors (Lipinski definition) is 1. The van der Waals surface area contributed by atoms with Crippen LogP contribution in [0.1, 0.15) is 18.1 Å². The van der Waals surface area contributed by atoms with Crippen LogP contribution >= 0.6 is 0 Å². The Morgan fingerprint density at radius 2 is 1.84 bits per heavy atom. The van der Waals surface area contributed by atoms with Crippen molar-refractivity contribution in [2.24, 2.45) is 0 Å². The normalized spacial score (nSPS) is 12.1. The third kappa shape index (κ3) is 2.80. The third-order valence-electron chi connectivity index (χ3n) is 3.03. The molecule has 0 unspecified atom stereocenters. The van der Waals surface area contributed by atoms with Crippen LogP contribution in [0.2, 0.25) is 0 Å². The Morgan fingerprint density at radius 3 is 2.42 bits per heavy atom. The first-order valence-corrected chi connectivity index (χ1v) is 5.88. The van der Waals surface area contributed by atoms with Gasteiger partial charge in [0.2, 0.25) is 0 Å². The van der Waals surface area contributed by atoms with E-state index in [0.29, 0.717) is 28.4 Å². The summed E-state index contributed by atoms with van der Waals surface area (Å²) in [5, 5.41) is 0.867. The Morgan fingerprint density at radius 1 is 1.16 bits per heavy atom. The van der Waals surface area contributed by atoms with Gasteiger partial charge in [-0.05, 0) is 41.0 Å². The van der Waals surface area contributed by atoms with E-state index in [1.54, 1.807) is 19.1 Å². The maximum atomic E-state index is 13.7. The van der Waals surface area contributed by atoms with E-state index in [9.17, 15) is 17.6 Å². The van der Waals surface area contributed by atoms with Gasteiger partial charge in [0, 0.05) is 11.3 Å². The average molecular weight is 271 g/mol. The van der Waals surface area contributed by atoms with Crippen LogP contribution in [0.15, 0.2) is 24.3 Å². The molecule has 0 radical (unpaired) electrons. The molecule has 0 aliphatic heterocycles. The summed E-state index contributed by atoms with van der Waals surface area (Å²) in [6, 6.07) is 5.68. The number of nitrogens with two attached hydrogens (primary N) is 1. The predicted octanol–water partition coefficient (Wildman–Crippen LogP) is 4.23. The summed E-state index contributed by atoms with van der Waals surface area (Å²) in [6.45, 7) is 1.80. The van der Waals surface area contributed by atoms with E-state index in [1.165, 1.54) is 6.07 Å². The largest absolute Gasteiger partial charge is 0.399 e. The number of hydrogen-bond acceptors (Lipinski definition) is 1. The molecule has 0 amide bonds. The lowest BCUT2D eigenvalue weighted by Crippen LogP contribution is -2.13. The third-order valence-corrected chi connectivity index (χ3v) is 3.03. The molecule has 19 heavy (non-hydrogen) atoms. The molecule has 102 valence electrons. The summed E-state index contributed by atoms with van der Waals surface area (Å²) in [7, 11) is 0. The number of alkyl halides is 3. The Labute approximate surface area is 108 Å². The topological polar surface area (TPSA) is 26.0 Å². The van der Waals surface area contributed by atoms with Crippen molar-refractivity contribution in [2.45, 2.75) is 25.9 Å². The summed E-state index contributed by atoms with van der Waals surface area (Å²) in [6.07, 6.45) is -5.22. The minimum absolute atomic E-state index is 0.304. The molecular weight excluding hydrogens is 258 g/mol. The molecule has 0 bridgehead atoms. The van der Waals surface area contributed by atoms with Gasteiger partial charge >= 0.3 is 6.18 Å². The molecule has 5 heteroatoms. The highest BCUT2D eigenvalue weighted by atomic mass is 19.4. The van der Waals surface area contributed by atoms with Crippen LogP contribution in [0.25, 0.3) is 10.8 Å². The zero-order valence-corrected chi connectivity index (χ0v) is 10.3. The van der Waals surface area contributed by atoms with Gasteiger partial charge < -0.3 is 5.73 Å². The Bertz CT molecular complexity index is 617. The number of rotatable bonds is 2. The van der Waals surface area contributed by atoms with E-state index in [0.717, 1.165) is 6.07 Å². The van der Waals surface area contributed by atoms with Crippen LogP contribution in [0.3, 0.4) is 0 Å². The summed E-state index contributed by atoms with van der Waals surface area (Å²) in [4.78, 5) is 0. The van der Waals surface area contributed by atoms with Gasteiger partial charge in [-0.2, -0.15) is 13.2 Å². The van der Waals surface area contributed by atoms with E-state index in [1.807, 2.05) is 0 Å². The molecule has 0 heterocycles. The van der Waals surface area contributed by atoms with E-state index >= 15 is 0 Å². The quantitative estimate of drug-likeness (QED) is 0.642. The maximum Gasteiger partial charge on any atom is 0.393 e. The van der Waals surface area contributed by atoms with Crippen LogP contribution in [0.5, 0.6) is 0 Å². The van der Waals surface area contributed by atoms with Crippen molar-refractivity contribution in [3.05, 3.63) is 41.2 Å². The minimum Gasteiger partial charge on any atom is -0.399 e. The van der Waals surface area contributed by atoms with E-state index in [-0.39, 0.29) is 5.56 Å². The van der Waals surface area contributed by atoms with Crippen molar-refractivity contribution in [1.82, 2.24) is 0 Å². The van der Waals surface area contributed by atoms with Gasteiger partial charge in [0.05, 0.1) is 6.42 Å². The summed E-state index contributed by atoms with van der Waals surface area (Å²) in [5.74, 6) is -0.829. The number of aryl methyl sites for hydroxylation is 1. The van der Waals surface area contributed by atoms with Crippen LogP contribution < -0.4 is 5.73 Å².